The van der Waals surface area contributed by atoms with Crippen molar-refractivity contribution in [1.29, 1.82) is 0 Å². The van der Waals surface area contributed by atoms with Gasteiger partial charge in [-0.2, -0.15) is 0 Å². The Bertz CT molecular complexity index is 305. The zero-order chi connectivity index (χ0) is 11.2. The van der Waals surface area contributed by atoms with Crippen LogP contribution in [0.1, 0.15) is 33.6 Å². The molecular formula is C11H17NO3. The number of hydrogen-bond donors (Lipinski definition) is 1. The monoisotopic (exact) mass is 211 g/mol. The van der Waals surface area contributed by atoms with Gasteiger partial charge in [-0.25, -0.2) is 4.79 Å². The second kappa shape index (κ2) is 3.22. The van der Waals surface area contributed by atoms with Crippen LogP contribution in [0.4, 0.5) is 0 Å². The van der Waals surface area contributed by atoms with Gasteiger partial charge < -0.3 is 10.1 Å². The molecule has 1 aliphatic heterocycles. The maximum absolute atomic E-state index is 11.8. The quantitative estimate of drug-likeness (QED) is 0.654. The zero-order valence-corrected chi connectivity index (χ0v) is 9.37. The standard InChI is InChI=1S/C11H17NO3/c1-11(2,3)15-10(14)9-7-4-6(7)5-8(13)12-9/h6-7,9H,4-5H2,1-3H3,(H,12,13). The van der Waals surface area contributed by atoms with Gasteiger partial charge in [-0.15, -0.1) is 0 Å². The van der Waals surface area contributed by atoms with Crippen molar-refractivity contribution in [3.05, 3.63) is 0 Å². The summed E-state index contributed by atoms with van der Waals surface area (Å²) in [6, 6.07) is -0.407. The lowest BCUT2D eigenvalue weighted by molar-refractivity contribution is -0.160. The van der Waals surface area contributed by atoms with Crippen molar-refractivity contribution in [2.45, 2.75) is 45.3 Å². The average molecular weight is 211 g/mol. The van der Waals surface area contributed by atoms with E-state index in [1.54, 1.807) is 0 Å². The number of carbonyl (C=O) groups is 2. The Morgan fingerprint density at radius 2 is 2.13 bits per heavy atom. The van der Waals surface area contributed by atoms with Crippen molar-refractivity contribution in [3.8, 4) is 0 Å². The molecule has 1 N–H and O–H groups in total. The maximum atomic E-state index is 11.8. The van der Waals surface area contributed by atoms with E-state index >= 15 is 0 Å². The summed E-state index contributed by atoms with van der Waals surface area (Å²) in [5.74, 6) is 0.418. The molecular weight excluding hydrogens is 194 g/mol. The highest BCUT2D eigenvalue weighted by Crippen LogP contribution is 2.46. The number of rotatable bonds is 1. The molecule has 84 valence electrons. The highest BCUT2D eigenvalue weighted by atomic mass is 16.6. The second-order valence-corrected chi connectivity index (χ2v) is 5.44. The van der Waals surface area contributed by atoms with Crippen LogP contribution in [0.15, 0.2) is 0 Å². The first-order valence-electron chi connectivity index (χ1n) is 5.39. The minimum atomic E-state index is -0.482. The molecule has 3 unspecified atom stereocenters. The van der Waals surface area contributed by atoms with E-state index in [1.165, 1.54) is 0 Å². The van der Waals surface area contributed by atoms with E-state index in [9.17, 15) is 9.59 Å². The van der Waals surface area contributed by atoms with Crippen molar-refractivity contribution in [2.24, 2.45) is 11.8 Å². The van der Waals surface area contributed by atoms with Crippen molar-refractivity contribution >= 4 is 11.9 Å². The topological polar surface area (TPSA) is 55.4 Å². The average Bonchev–Trinajstić information content (AvgIpc) is 2.77. The van der Waals surface area contributed by atoms with E-state index < -0.39 is 11.6 Å². The van der Waals surface area contributed by atoms with E-state index in [0.717, 1.165) is 6.42 Å². The van der Waals surface area contributed by atoms with Crippen LogP contribution in [-0.4, -0.2) is 23.5 Å². The summed E-state index contributed by atoms with van der Waals surface area (Å²) in [5, 5.41) is 2.72. The van der Waals surface area contributed by atoms with Crippen LogP contribution in [0.5, 0.6) is 0 Å². The number of carbonyl (C=O) groups excluding carboxylic acids is 2. The molecule has 0 spiro atoms. The molecule has 0 aromatic carbocycles. The Balaban J connectivity index is 1.98. The van der Waals surface area contributed by atoms with Gasteiger partial charge in [0.25, 0.3) is 0 Å². The summed E-state index contributed by atoms with van der Waals surface area (Å²) in [6.45, 7) is 5.50. The van der Waals surface area contributed by atoms with Gasteiger partial charge in [0, 0.05) is 6.42 Å². The fraction of sp³-hybridized carbons (Fsp3) is 0.818. The van der Waals surface area contributed by atoms with Crippen LogP contribution in [0, 0.1) is 11.8 Å². The van der Waals surface area contributed by atoms with Crippen molar-refractivity contribution < 1.29 is 14.3 Å². The molecule has 1 saturated heterocycles. The van der Waals surface area contributed by atoms with E-state index in [-0.39, 0.29) is 11.9 Å². The lowest BCUT2D eigenvalue weighted by atomic mass is 10.0. The lowest BCUT2D eigenvalue weighted by Crippen LogP contribution is -2.48. The summed E-state index contributed by atoms with van der Waals surface area (Å²) in [7, 11) is 0. The van der Waals surface area contributed by atoms with Crippen LogP contribution >= 0.6 is 0 Å². The molecule has 4 nitrogen and oxygen atoms in total. The third kappa shape index (κ3) is 2.30. The Morgan fingerprint density at radius 3 is 2.73 bits per heavy atom. The number of amides is 1. The zero-order valence-electron chi connectivity index (χ0n) is 9.37. The van der Waals surface area contributed by atoms with Crippen LogP contribution in [0.25, 0.3) is 0 Å². The normalized spacial score (nSPS) is 34.1. The summed E-state index contributed by atoms with van der Waals surface area (Å²) >= 11 is 0. The molecule has 0 aromatic rings. The van der Waals surface area contributed by atoms with Crippen LogP contribution < -0.4 is 5.32 Å². The number of ether oxygens (including phenoxy) is 1. The summed E-state index contributed by atoms with van der Waals surface area (Å²) in [6.07, 6.45) is 1.55. The van der Waals surface area contributed by atoms with E-state index in [4.69, 9.17) is 4.74 Å². The van der Waals surface area contributed by atoms with Gasteiger partial charge in [0.15, 0.2) is 0 Å². The van der Waals surface area contributed by atoms with E-state index in [0.29, 0.717) is 18.3 Å². The molecule has 4 heteroatoms. The Kier molecular flexibility index (Phi) is 2.24. The summed E-state index contributed by atoms with van der Waals surface area (Å²) in [4.78, 5) is 23.0. The van der Waals surface area contributed by atoms with Gasteiger partial charge in [0.2, 0.25) is 5.91 Å². The molecule has 1 saturated carbocycles. The maximum Gasteiger partial charge on any atom is 0.329 e. The molecule has 0 radical (unpaired) electrons. The van der Waals surface area contributed by atoms with Crippen LogP contribution in [-0.2, 0) is 14.3 Å². The molecule has 2 aliphatic rings. The first-order valence-corrected chi connectivity index (χ1v) is 5.39. The second-order valence-electron chi connectivity index (χ2n) is 5.44. The number of esters is 1. The predicted octanol–water partition coefficient (Wildman–Crippen LogP) is 0.853. The highest BCUT2D eigenvalue weighted by Gasteiger charge is 2.52. The first kappa shape index (κ1) is 10.5. The number of hydrogen-bond acceptors (Lipinski definition) is 3. The minimum Gasteiger partial charge on any atom is -0.458 e. The van der Waals surface area contributed by atoms with Gasteiger partial charge in [0.05, 0.1) is 0 Å². The van der Waals surface area contributed by atoms with Gasteiger partial charge >= 0.3 is 5.97 Å². The van der Waals surface area contributed by atoms with Gasteiger partial charge in [-0.3, -0.25) is 4.79 Å². The number of piperidine rings is 1. The number of nitrogens with one attached hydrogen (secondary N) is 1. The Hall–Kier alpha value is -1.06. The predicted molar refractivity (Wildman–Crippen MR) is 54.0 cm³/mol. The fourth-order valence-corrected chi connectivity index (χ4v) is 2.09. The van der Waals surface area contributed by atoms with Gasteiger partial charge in [-0.05, 0) is 39.0 Å². The highest BCUT2D eigenvalue weighted by molar-refractivity contribution is 5.87. The van der Waals surface area contributed by atoms with Crippen molar-refractivity contribution in [2.75, 3.05) is 0 Å². The molecule has 0 aromatic heterocycles. The summed E-state index contributed by atoms with van der Waals surface area (Å²) in [5.41, 5.74) is -0.482. The lowest BCUT2D eigenvalue weighted by Gasteiger charge is -2.26. The fourth-order valence-electron chi connectivity index (χ4n) is 2.09. The molecule has 1 heterocycles. The van der Waals surface area contributed by atoms with E-state index in [2.05, 4.69) is 5.32 Å². The Labute approximate surface area is 89.4 Å². The first-order chi connectivity index (χ1) is 6.87. The molecule has 0 bridgehead atoms. The molecule has 3 atom stereocenters. The number of fused-ring (bicyclic) bond motifs is 1. The van der Waals surface area contributed by atoms with Crippen molar-refractivity contribution in [3.63, 3.8) is 0 Å². The molecule has 1 aliphatic carbocycles. The third-order valence-electron chi connectivity index (χ3n) is 2.83. The SMILES string of the molecule is CC(C)(C)OC(=O)C1NC(=O)CC2CC21. The largest absolute Gasteiger partial charge is 0.458 e. The third-order valence-corrected chi connectivity index (χ3v) is 2.83. The van der Waals surface area contributed by atoms with Crippen molar-refractivity contribution in [1.82, 2.24) is 5.32 Å². The van der Waals surface area contributed by atoms with E-state index in [1.807, 2.05) is 20.8 Å². The van der Waals surface area contributed by atoms with Gasteiger partial charge in [0.1, 0.15) is 11.6 Å². The smallest absolute Gasteiger partial charge is 0.329 e. The molecule has 2 fully saturated rings. The Morgan fingerprint density at radius 1 is 1.47 bits per heavy atom. The molecule has 1 amide bonds. The summed E-state index contributed by atoms with van der Waals surface area (Å²) < 4.78 is 5.27. The van der Waals surface area contributed by atoms with Crippen LogP contribution in [0.3, 0.4) is 0 Å². The molecule has 15 heavy (non-hydrogen) atoms. The minimum absolute atomic E-state index is 0.0235. The van der Waals surface area contributed by atoms with Crippen LogP contribution in [0.2, 0.25) is 0 Å². The molecule has 2 rings (SSSR count). The van der Waals surface area contributed by atoms with Gasteiger partial charge in [-0.1, -0.05) is 0 Å².